The summed E-state index contributed by atoms with van der Waals surface area (Å²) < 4.78 is 4.98. The first kappa shape index (κ1) is 11.5. The van der Waals surface area contributed by atoms with Crippen LogP contribution < -0.4 is 5.32 Å². The molecule has 1 amide bonds. The molecule has 0 saturated carbocycles. The standard InChI is InChI=1S/C12H10ClNO3/c1-7-8(3-2-4-9(7)15)14-12(16)10-5-6-11(13)17-10/h2-6,15H,1H3,(H,14,16). The van der Waals surface area contributed by atoms with E-state index in [4.69, 9.17) is 16.0 Å². The lowest BCUT2D eigenvalue weighted by molar-refractivity contribution is 0.0996. The van der Waals surface area contributed by atoms with Gasteiger partial charge in [-0.25, -0.2) is 0 Å². The number of amides is 1. The molecule has 88 valence electrons. The minimum atomic E-state index is -0.411. The van der Waals surface area contributed by atoms with Crippen LogP contribution >= 0.6 is 11.6 Å². The van der Waals surface area contributed by atoms with E-state index in [1.54, 1.807) is 25.1 Å². The molecule has 1 heterocycles. The van der Waals surface area contributed by atoms with Gasteiger partial charge >= 0.3 is 0 Å². The fraction of sp³-hybridized carbons (Fsp3) is 0.0833. The van der Waals surface area contributed by atoms with E-state index in [0.29, 0.717) is 11.3 Å². The maximum absolute atomic E-state index is 11.7. The summed E-state index contributed by atoms with van der Waals surface area (Å²) in [7, 11) is 0. The molecule has 5 heteroatoms. The van der Waals surface area contributed by atoms with Crippen LogP contribution in [0.15, 0.2) is 34.7 Å². The third-order valence-corrected chi connectivity index (χ3v) is 2.55. The number of carbonyl (C=O) groups excluding carboxylic acids is 1. The Labute approximate surface area is 103 Å². The van der Waals surface area contributed by atoms with Crippen molar-refractivity contribution in [2.24, 2.45) is 0 Å². The van der Waals surface area contributed by atoms with Crippen LogP contribution in [0.4, 0.5) is 5.69 Å². The third kappa shape index (κ3) is 2.42. The van der Waals surface area contributed by atoms with Gasteiger partial charge in [-0.3, -0.25) is 4.79 Å². The first-order valence-corrected chi connectivity index (χ1v) is 5.31. The van der Waals surface area contributed by atoms with Gasteiger partial charge in [0.25, 0.3) is 5.91 Å². The van der Waals surface area contributed by atoms with Crippen LogP contribution in [0.2, 0.25) is 5.22 Å². The summed E-state index contributed by atoms with van der Waals surface area (Å²) in [6, 6.07) is 7.86. The van der Waals surface area contributed by atoms with Crippen LogP contribution in [0.5, 0.6) is 5.75 Å². The first-order chi connectivity index (χ1) is 8.08. The first-order valence-electron chi connectivity index (χ1n) is 4.93. The summed E-state index contributed by atoms with van der Waals surface area (Å²) in [4.78, 5) is 11.7. The van der Waals surface area contributed by atoms with Crippen molar-refractivity contribution in [2.45, 2.75) is 6.92 Å². The van der Waals surface area contributed by atoms with Crippen molar-refractivity contribution in [3.63, 3.8) is 0 Å². The SMILES string of the molecule is Cc1c(O)cccc1NC(=O)c1ccc(Cl)o1. The molecule has 1 aromatic heterocycles. The molecule has 0 unspecified atom stereocenters. The normalized spacial score (nSPS) is 10.2. The highest BCUT2D eigenvalue weighted by Gasteiger charge is 2.12. The number of phenolic OH excluding ortho intramolecular Hbond substituents is 1. The lowest BCUT2D eigenvalue weighted by Crippen LogP contribution is -2.11. The molecule has 4 nitrogen and oxygen atoms in total. The number of phenols is 1. The van der Waals surface area contributed by atoms with E-state index in [-0.39, 0.29) is 16.7 Å². The summed E-state index contributed by atoms with van der Waals surface area (Å²) in [5.74, 6) is -0.163. The number of furan rings is 1. The van der Waals surface area contributed by atoms with Gasteiger partial charge in [0.05, 0.1) is 0 Å². The summed E-state index contributed by atoms with van der Waals surface area (Å²) in [5.41, 5.74) is 1.13. The Morgan fingerprint density at radius 2 is 2.12 bits per heavy atom. The van der Waals surface area contributed by atoms with Crippen LogP contribution in [-0.4, -0.2) is 11.0 Å². The number of benzene rings is 1. The predicted molar refractivity (Wildman–Crippen MR) is 64.5 cm³/mol. The molecular weight excluding hydrogens is 242 g/mol. The Kier molecular flexibility index (Phi) is 3.06. The number of nitrogens with one attached hydrogen (secondary N) is 1. The number of hydrogen-bond acceptors (Lipinski definition) is 3. The number of carbonyl (C=O) groups is 1. The lowest BCUT2D eigenvalue weighted by Gasteiger charge is -2.07. The van der Waals surface area contributed by atoms with Crippen molar-refractivity contribution in [1.82, 2.24) is 0 Å². The fourth-order valence-corrected chi connectivity index (χ4v) is 1.53. The molecule has 0 aliphatic heterocycles. The average molecular weight is 252 g/mol. The lowest BCUT2D eigenvalue weighted by atomic mass is 10.2. The van der Waals surface area contributed by atoms with Crippen LogP contribution in [0.25, 0.3) is 0 Å². The molecule has 1 aromatic carbocycles. The molecule has 0 radical (unpaired) electrons. The van der Waals surface area contributed by atoms with Gasteiger partial charge < -0.3 is 14.8 Å². The molecule has 0 fully saturated rings. The average Bonchev–Trinajstić information content (AvgIpc) is 2.72. The molecule has 2 rings (SSSR count). The van der Waals surface area contributed by atoms with Gasteiger partial charge in [0.2, 0.25) is 0 Å². The highest BCUT2D eigenvalue weighted by Crippen LogP contribution is 2.24. The second-order valence-corrected chi connectivity index (χ2v) is 3.88. The van der Waals surface area contributed by atoms with E-state index in [0.717, 1.165) is 0 Å². The highest BCUT2D eigenvalue weighted by molar-refractivity contribution is 6.29. The maximum atomic E-state index is 11.7. The molecule has 0 aliphatic rings. The highest BCUT2D eigenvalue weighted by atomic mass is 35.5. The van der Waals surface area contributed by atoms with Crippen LogP contribution in [-0.2, 0) is 0 Å². The van der Waals surface area contributed by atoms with E-state index in [1.165, 1.54) is 12.1 Å². The second-order valence-electron chi connectivity index (χ2n) is 3.51. The number of aromatic hydroxyl groups is 1. The van der Waals surface area contributed by atoms with E-state index in [9.17, 15) is 9.90 Å². The largest absolute Gasteiger partial charge is 0.508 e. The topological polar surface area (TPSA) is 62.5 Å². The minimum Gasteiger partial charge on any atom is -0.508 e. The monoisotopic (exact) mass is 251 g/mol. The zero-order valence-electron chi connectivity index (χ0n) is 9.03. The van der Waals surface area contributed by atoms with Crippen molar-refractivity contribution in [2.75, 3.05) is 5.32 Å². The molecular formula is C12H10ClNO3. The summed E-state index contributed by atoms with van der Waals surface area (Å²) >= 11 is 5.58. The fourth-order valence-electron chi connectivity index (χ4n) is 1.38. The summed E-state index contributed by atoms with van der Waals surface area (Å²) in [6.45, 7) is 1.71. The van der Waals surface area contributed by atoms with Gasteiger partial charge in [-0.1, -0.05) is 6.07 Å². The van der Waals surface area contributed by atoms with Gasteiger partial charge in [-0.05, 0) is 42.8 Å². The Morgan fingerprint density at radius 1 is 1.35 bits per heavy atom. The Hall–Kier alpha value is -1.94. The third-order valence-electron chi connectivity index (χ3n) is 2.35. The molecule has 0 spiro atoms. The number of anilines is 1. The predicted octanol–water partition coefficient (Wildman–Crippen LogP) is 3.20. The molecule has 2 aromatic rings. The number of hydrogen-bond donors (Lipinski definition) is 2. The minimum absolute atomic E-state index is 0.123. The summed E-state index contributed by atoms with van der Waals surface area (Å²) in [6.07, 6.45) is 0. The zero-order chi connectivity index (χ0) is 12.4. The van der Waals surface area contributed by atoms with Crippen LogP contribution in [0.1, 0.15) is 16.1 Å². The quantitative estimate of drug-likeness (QED) is 0.862. The van der Waals surface area contributed by atoms with E-state index in [2.05, 4.69) is 5.32 Å². The van der Waals surface area contributed by atoms with Crippen molar-refractivity contribution in [3.05, 3.63) is 46.9 Å². The van der Waals surface area contributed by atoms with Crippen molar-refractivity contribution < 1.29 is 14.3 Å². The molecule has 17 heavy (non-hydrogen) atoms. The van der Waals surface area contributed by atoms with Gasteiger partial charge in [0, 0.05) is 11.3 Å². The smallest absolute Gasteiger partial charge is 0.291 e. The molecule has 2 N–H and O–H groups in total. The van der Waals surface area contributed by atoms with Gasteiger partial charge in [0.1, 0.15) is 5.75 Å². The van der Waals surface area contributed by atoms with Crippen molar-refractivity contribution in [3.8, 4) is 5.75 Å². The van der Waals surface area contributed by atoms with Crippen molar-refractivity contribution in [1.29, 1.82) is 0 Å². The van der Waals surface area contributed by atoms with Crippen LogP contribution in [0, 0.1) is 6.92 Å². The zero-order valence-corrected chi connectivity index (χ0v) is 9.78. The maximum Gasteiger partial charge on any atom is 0.291 e. The van der Waals surface area contributed by atoms with E-state index in [1.807, 2.05) is 0 Å². The van der Waals surface area contributed by atoms with E-state index >= 15 is 0 Å². The van der Waals surface area contributed by atoms with Gasteiger partial charge in [-0.2, -0.15) is 0 Å². The molecule has 0 atom stereocenters. The Morgan fingerprint density at radius 3 is 2.76 bits per heavy atom. The second kappa shape index (κ2) is 4.51. The molecule has 0 aliphatic carbocycles. The van der Waals surface area contributed by atoms with Gasteiger partial charge in [0.15, 0.2) is 11.0 Å². The van der Waals surface area contributed by atoms with Crippen molar-refractivity contribution >= 4 is 23.2 Å². The summed E-state index contributed by atoms with van der Waals surface area (Å²) in [5, 5.41) is 12.3. The van der Waals surface area contributed by atoms with Crippen LogP contribution in [0.3, 0.4) is 0 Å². The number of rotatable bonds is 2. The van der Waals surface area contributed by atoms with E-state index < -0.39 is 5.91 Å². The Bertz CT molecular complexity index is 563. The molecule has 0 bridgehead atoms. The van der Waals surface area contributed by atoms with Gasteiger partial charge in [-0.15, -0.1) is 0 Å². The Balaban J connectivity index is 2.21. The number of halogens is 1. The molecule has 0 saturated heterocycles.